The summed E-state index contributed by atoms with van der Waals surface area (Å²) < 4.78 is 1.93. The summed E-state index contributed by atoms with van der Waals surface area (Å²) in [6.45, 7) is 2.20. The summed E-state index contributed by atoms with van der Waals surface area (Å²) in [4.78, 5) is 0. The van der Waals surface area contributed by atoms with E-state index in [0.717, 1.165) is 11.4 Å². The first-order valence-electron chi connectivity index (χ1n) is 7.50. The minimum absolute atomic E-state index is 0.298. The van der Waals surface area contributed by atoms with Gasteiger partial charge in [-0.05, 0) is 54.3 Å². The highest BCUT2D eigenvalue weighted by Crippen LogP contribution is 2.34. The molecule has 5 nitrogen and oxygen atoms in total. The van der Waals surface area contributed by atoms with Gasteiger partial charge < -0.3 is 5.73 Å². The Kier molecular flexibility index (Phi) is 4.10. The fraction of sp³-hybridized carbons (Fsp3) is 0.533. The smallest absolute Gasteiger partial charge is 0.182 e. The number of nitrogens with two attached hydrogens (primary N) is 1. The minimum Gasteiger partial charge on any atom is -0.398 e. The Morgan fingerprint density at radius 1 is 1.29 bits per heavy atom. The fourth-order valence-corrected chi connectivity index (χ4v) is 3.32. The first-order chi connectivity index (χ1) is 10.2. The molecule has 0 aliphatic heterocycles. The number of hydrogen-bond donors (Lipinski definition) is 1. The van der Waals surface area contributed by atoms with Gasteiger partial charge in [0.25, 0.3) is 0 Å². The maximum absolute atomic E-state index is 6.11. The van der Waals surface area contributed by atoms with Crippen molar-refractivity contribution in [2.24, 2.45) is 5.92 Å². The second kappa shape index (κ2) is 6.02. The molecule has 0 amide bonds. The van der Waals surface area contributed by atoms with Gasteiger partial charge in [-0.3, -0.25) is 0 Å². The normalized spacial score (nSPS) is 17.8. The lowest BCUT2D eigenvalue weighted by atomic mass is 9.84. The van der Waals surface area contributed by atoms with Crippen LogP contribution in [-0.4, -0.2) is 20.2 Å². The molecule has 3 rings (SSSR count). The summed E-state index contributed by atoms with van der Waals surface area (Å²) in [5, 5.41) is 12.8. The van der Waals surface area contributed by atoms with Crippen molar-refractivity contribution >= 4 is 17.3 Å². The van der Waals surface area contributed by atoms with Gasteiger partial charge in [-0.15, -0.1) is 5.10 Å². The van der Waals surface area contributed by atoms with Crippen LogP contribution in [0.1, 0.15) is 45.1 Å². The van der Waals surface area contributed by atoms with Crippen molar-refractivity contribution in [3.05, 3.63) is 23.2 Å². The van der Waals surface area contributed by atoms with Crippen LogP contribution in [0.25, 0.3) is 11.4 Å². The molecule has 0 radical (unpaired) electrons. The summed E-state index contributed by atoms with van der Waals surface area (Å²) in [5.41, 5.74) is 7.24. The Morgan fingerprint density at radius 2 is 2.05 bits per heavy atom. The standard InChI is InChI=1S/C15H20ClN5/c1-10(11-5-3-2-4-6-11)21-15(18-19-20-21)12-7-8-14(17)13(16)9-12/h7-11H,2-6,17H2,1H3. The quantitative estimate of drug-likeness (QED) is 0.877. The number of hydrogen-bond acceptors (Lipinski definition) is 4. The van der Waals surface area contributed by atoms with Gasteiger partial charge in [0.05, 0.1) is 16.8 Å². The van der Waals surface area contributed by atoms with Crippen LogP contribution in [0.15, 0.2) is 18.2 Å². The molecule has 1 aliphatic rings. The molecule has 1 aromatic heterocycles. The molecule has 2 N–H and O–H groups in total. The van der Waals surface area contributed by atoms with Crippen LogP contribution in [0, 0.1) is 5.92 Å². The van der Waals surface area contributed by atoms with Crippen LogP contribution < -0.4 is 5.73 Å². The van der Waals surface area contributed by atoms with Crippen LogP contribution in [-0.2, 0) is 0 Å². The average molecular weight is 306 g/mol. The van der Waals surface area contributed by atoms with Crippen molar-refractivity contribution in [3.63, 3.8) is 0 Å². The highest BCUT2D eigenvalue weighted by atomic mass is 35.5. The number of benzene rings is 1. The molecule has 0 spiro atoms. The van der Waals surface area contributed by atoms with Crippen LogP contribution in [0.4, 0.5) is 5.69 Å². The third-order valence-electron chi connectivity index (χ3n) is 4.47. The Balaban J connectivity index is 1.90. The van der Waals surface area contributed by atoms with Gasteiger partial charge in [-0.25, -0.2) is 4.68 Å². The van der Waals surface area contributed by atoms with Crippen LogP contribution in [0.2, 0.25) is 5.02 Å². The molecule has 21 heavy (non-hydrogen) atoms. The largest absolute Gasteiger partial charge is 0.398 e. The molecule has 1 atom stereocenters. The van der Waals surface area contributed by atoms with E-state index < -0.39 is 0 Å². The van der Waals surface area contributed by atoms with E-state index in [-0.39, 0.29) is 0 Å². The van der Waals surface area contributed by atoms with Gasteiger partial charge in [0.2, 0.25) is 0 Å². The molecule has 0 saturated heterocycles. The molecule has 112 valence electrons. The molecular formula is C15H20ClN5. The number of rotatable bonds is 3. The molecule has 1 heterocycles. The number of tetrazole rings is 1. The number of anilines is 1. The van der Waals surface area contributed by atoms with E-state index in [1.807, 2.05) is 16.8 Å². The average Bonchev–Trinajstić information content (AvgIpc) is 2.99. The van der Waals surface area contributed by atoms with E-state index in [0.29, 0.717) is 22.7 Å². The van der Waals surface area contributed by atoms with Crippen molar-refractivity contribution in [1.29, 1.82) is 0 Å². The number of nitrogen functional groups attached to an aromatic ring is 1. The van der Waals surface area contributed by atoms with Gasteiger partial charge in [-0.2, -0.15) is 0 Å². The van der Waals surface area contributed by atoms with E-state index in [1.54, 1.807) is 6.07 Å². The van der Waals surface area contributed by atoms with E-state index in [4.69, 9.17) is 17.3 Å². The fourth-order valence-electron chi connectivity index (χ4n) is 3.14. The summed E-state index contributed by atoms with van der Waals surface area (Å²) in [6, 6.07) is 5.83. The number of aromatic nitrogens is 4. The molecule has 1 saturated carbocycles. The van der Waals surface area contributed by atoms with Crippen molar-refractivity contribution in [3.8, 4) is 11.4 Å². The monoisotopic (exact) mass is 305 g/mol. The third kappa shape index (κ3) is 2.88. The lowest BCUT2D eigenvalue weighted by molar-refractivity contribution is 0.249. The maximum Gasteiger partial charge on any atom is 0.182 e. The van der Waals surface area contributed by atoms with Crippen LogP contribution >= 0.6 is 11.6 Å². The van der Waals surface area contributed by atoms with Gasteiger partial charge >= 0.3 is 0 Å². The Bertz CT molecular complexity index is 618. The molecule has 2 aromatic rings. The Labute approximate surface area is 129 Å². The van der Waals surface area contributed by atoms with Crippen molar-refractivity contribution in [2.75, 3.05) is 5.73 Å². The lowest BCUT2D eigenvalue weighted by Gasteiger charge is -2.27. The lowest BCUT2D eigenvalue weighted by Crippen LogP contribution is -2.21. The van der Waals surface area contributed by atoms with Crippen LogP contribution in [0.3, 0.4) is 0 Å². The maximum atomic E-state index is 6.11. The molecule has 1 unspecified atom stereocenters. The topological polar surface area (TPSA) is 69.6 Å². The zero-order valence-corrected chi connectivity index (χ0v) is 12.9. The van der Waals surface area contributed by atoms with Crippen LogP contribution in [0.5, 0.6) is 0 Å². The van der Waals surface area contributed by atoms with E-state index >= 15 is 0 Å². The molecule has 0 bridgehead atoms. The molecule has 1 aromatic carbocycles. The predicted molar refractivity (Wildman–Crippen MR) is 84.0 cm³/mol. The summed E-state index contributed by atoms with van der Waals surface area (Å²) >= 11 is 6.11. The number of nitrogens with zero attached hydrogens (tertiary/aromatic N) is 4. The first-order valence-corrected chi connectivity index (χ1v) is 7.88. The Hall–Kier alpha value is -1.62. The van der Waals surface area contributed by atoms with Gasteiger partial charge in [0, 0.05) is 5.56 Å². The van der Waals surface area contributed by atoms with E-state index in [9.17, 15) is 0 Å². The zero-order valence-electron chi connectivity index (χ0n) is 12.2. The molecule has 6 heteroatoms. The zero-order chi connectivity index (χ0) is 14.8. The summed E-state index contributed by atoms with van der Waals surface area (Å²) in [5.74, 6) is 1.40. The molecule has 1 aliphatic carbocycles. The molecule has 1 fully saturated rings. The van der Waals surface area contributed by atoms with E-state index in [1.165, 1.54) is 32.1 Å². The summed E-state index contributed by atoms with van der Waals surface area (Å²) in [6.07, 6.45) is 6.46. The second-order valence-electron chi connectivity index (χ2n) is 5.82. The first kappa shape index (κ1) is 14.3. The van der Waals surface area contributed by atoms with Gasteiger partial charge in [0.15, 0.2) is 5.82 Å². The molecular weight excluding hydrogens is 286 g/mol. The number of halogens is 1. The van der Waals surface area contributed by atoms with Gasteiger partial charge in [-0.1, -0.05) is 30.9 Å². The SMILES string of the molecule is CC(C1CCCCC1)n1nnnc1-c1ccc(N)c(Cl)c1. The highest BCUT2D eigenvalue weighted by Gasteiger charge is 2.25. The third-order valence-corrected chi connectivity index (χ3v) is 4.80. The second-order valence-corrected chi connectivity index (χ2v) is 6.23. The predicted octanol–water partition coefficient (Wildman–Crippen LogP) is 3.72. The minimum atomic E-state index is 0.298. The highest BCUT2D eigenvalue weighted by molar-refractivity contribution is 6.33. The van der Waals surface area contributed by atoms with E-state index in [2.05, 4.69) is 22.4 Å². The van der Waals surface area contributed by atoms with Crippen molar-refractivity contribution < 1.29 is 0 Å². The Morgan fingerprint density at radius 3 is 2.76 bits per heavy atom. The van der Waals surface area contributed by atoms with Crippen molar-refractivity contribution in [1.82, 2.24) is 20.2 Å². The summed E-state index contributed by atoms with van der Waals surface area (Å²) in [7, 11) is 0. The van der Waals surface area contributed by atoms with Gasteiger partial charge in [0.1, 0.15) is 0 Å². The van der Waals surface area contributed by atoms with Crippen molar-refractivity contribution in [2.45, 2.75) is 45.1 Å².